The van der Waals surface area contributed by atoms with Crippen LogP contribution in [0.1, 0.15) is 0 Å². The van der Waals surface area contributed by atoms with Crippen molar-refractivity contribution >= 4 is 29.6 Å². The standard InChI is InChI=1S/C12H10ClN3O2/c1-18-11-7-10(13)14-12(15-11)16(8-17)9-5-3-2-4-6-9/h2-8H,1H3. The topological polar surface area (TPSA) is 55.3 Å². The third kappa shape index (κ3) is 2.57. The van der Waals surface area contributed by atoms with Crippen LogP contribution < -0.4 is 9.64 Å². The van der Waals surface area contributed by atoms with E-state index in [1.807, 2.05) is 18.2 Å². The zero-order valence-corrected chi connectivity index (χ0v) is 10.3. The number of rotatable bonds is 4. The van der Waals surface area contributed by atoms with Gasteiger partial charge < -0.3 is 4.74 Å². The highest BCUT2D eigenvalue weighted by atomic mass is 35.5. The second-order valence-corrected chi connectivity index (χ2v) is 3.73. The highest BCUT2D eigenvalue weighted by molar-refractivity contribution is 6.29. The molecule has 0 aliphatic rings. The lowest BCUT2D eigenvalue weighted by molar-refractivity contribution is -0.106. The van der Waals surface area contributed by atoms with E-state index in [4.69, 9.17) is 16.3 Å². The highest BCUT2D eigenvalue weighted by Gasteiger charge is 2.13. The molecule has 18 heavy (non-hydrogen) atoms. The van der Waals surface area contributed by atoms with E-state index < -0.39 is 0 Å². The number of halogens is 1. The molecule has 0 radical (unpaired) electrons. The first kappa shape index (κ1) is 12.3. The van der Waals surface area contributed by atoms with Gasteiger partial charge in [-0.25, -0.2) is 4.98 Å². The van der Waals surface area contributed by atoms with Gasteiger partial charge in [-0.3, -0.25) is 9.69 Å². The van der Waals surface area contributed by atoms with Gasteiger partial charge >= 0.3 is 0 Å². The van der Waals surface area contributed by atoms with Gasteiger partial charge in [0, 0.05) is 6.07 Å². The maximum absolute atomic E-state index is 11.2. The summed E-state index contributed by atoms with van der Waals surface area (Å²) in [6.45, 7) is 0. The van der Waals surface area contributed by atoms with Gasteiger partial charge in [-0.1, -0.05) is 29.8 Å². The Kier molecular flexibility index (Phi) is 3.74. The smallest absolute Gasteiger partial charge is 0.241 e. The second-order valence-electron chi connectivity index (χ2n) is 3.34. The van der Waals surface area contributed by atoms with E-state index in [0.717, 1.165) is 0 Å². The van der Waals surface area contributed by atoms with Gasteiger partial charge in [-0.2, -0.15) is 4.98 Å². The van der Waals surface area contributed by atoms with Crippen LogP contribution in [0, 0.1) is 0 Å². The first-order valence-electron chi connectivity index (χ1n) is 5.12. The minimum Gasteiger partial charge on any atom is -0.481 e. The Hall–Kier alpha value is -2.14. The summed E-state index contributed by atoms with van der Waals surface area (Å²) in [7, 11) is 1.47. The Bertz CT molecular complexity index is 548. The predicted molar refractivity (Wildman–Crippen MR) is 68.2 cm³/mol. The Morgan fingerprint density at radius 2 is 2.00 bits per heavy atom. The van der Waals surface area contributed by atoms with E-state index in [-0.39, 0.29) is 11.1 Å². The van der Waals surface area contributed by atoms with Gasteiger partial charge in [0.25, 0.3) is 0 Å². The number of carbonyl (C=O) groups excluding carboxylic acids is 1. The molecule has 92 valence electrons. The van der Waals surface area contributed by atoms with Crippen molar-refractivity contribution in [3.8, 4) is 5.88 Å². The van der Waals surface area contributed by atoms with Crippen LogP contribution in [0.5, 0.6) is 5.88 Å². The van der Waals surface area contributed by atoms with Gasteiger partial charge in [0.15, 0.2) is 0 Å². The van der Waals surface area contributed by atoms with Crippen molar-refractivity contribution in [3.63, 3.8) is 0 Å². The zero-order chi connectivity index (χ0) is 13.0. The average Bonchev–Trinajstić information content (AvgIpc) is 2.40. The fourth-order valence-electron chi connectivity index (χ4n) is 1.41. The molecule has 1 aromatic carbocycles. The van der Waals surface area contributed by atoms with E-state index in [0.29, 0.717) is 18.0 Å². The van der Waals surface area contributed by atoms with Crippen LogP contribution in [-0.2, 0) is 4.79 Å². The Labute approximate surface area is 109 Å². The fraction of sp³-hybridized carbons (Fsp3) is 0.0833. The van der Waals surface area contributed by atoms with E-state index in [1.165, 1.54) is 18.1 Å². The number of aromatic nitrogens is 2. The largest absolute Gasteiger partial charge is 0.481 e. The highest BCUT2D eigenvalue weighted by Crippen LogP contribution is 2.23. The van der Waals surface area contributed by atoms with Crippen molar-refractivity contribution < 1.29 is 9.53 Å². The van der Waals surface area contributed by atoms with Gasteiger partial charge in [-0.15, -0.1) is 0 Å². The van der Waals surface area contributed by atoms with Gasteiger partial charge in [0.05, 0.1) is 12.8 Å². The summed E-state index contributed by atoms with van der Waals surface area (Å²) in [5.41, 5.74) is 0.650. The van der Waals surface area contributed by atoms with Gasteiger partial charge in [-0.05, 0) is 12.1 Å². The number of amides is 1. The van der Waals surface area contributed by atoms with Gasteiger partial charge in [0.2, 0.25) is 18.2 Å². The van der Waals surface area contributed by atoms with Crippen LogP contribution in [0.3, 0.4) is 0 Å². The zero-order valence-electron chi connectivity index (χ0n) is 9.58. The van der Waals surface area contributed by atoms with E-state index in [9.17, 15) is 4.79 Å². The van der Waals surface area contributed by atoms with Crippen LogP contribution in [-0.4, -0.2) is 23.5 Å². The maximum atomic E-state index is 11.2. The number of carbonyl (C=O) groups is 1. The summed E-state index contributed by atoms with van der Waals surface area (Å²) >= 11 is 5.84. The predicted octanol–water partition coefficient (Wildman–Crippen LogP) is 2.43. The van der Waals surface area contributed by atoms with Crippen LogP contribution in [0.25, 0.3) is 0 Å². The van der Waals surface area contributed by atoms with Gasteiger partial charge in [0.1, 0.15) is 5.15 Å². The molecule has 0 aliphatic carbocycles. The van der Waals surface area contributed by atoms with Crippen molar-refractivity contribution in [2.45, 2.75) is 0 Å². The molecule has 0 bridgehead atoms. The Balaban J connectivity index is 2.45. The average molecular weight is 264 g/mol. The number of methoxy groups -OCH3 is 1. The molecule has 1 heterocycles. The van der Waals surface area contributed by atoms with Crippen molar-refractivity contribution in [1.29, 1.82) is 0 Å². The number of para-hydroxylation sites is 1. The normalized spacial score (nSPS) is 9.89. The molecule has 0 unspecified atom stereocenters. The molecule has 0 spiro atoms. The lowest BCUT2D eigenvalue weighted by atomic mass is 10.3. The first-order chi connectivity index (χ1) is 8.74. The lowest BCUT2D eigenvalue weighted by Gasteiger charge is -2.15. The third-order valence-electron chi connectivity index (χ3n) is 2.22. The number of anilines is 2. The summed E-state index contributed by atoms with van der Waals surface area (Å²) in [5, 5.41) is 0.208. The van der Waals surface area contributed by atoms with Crippen molar-refractivity contribution in [3.05, 3.63) is 41.6 Å². The van der Waals surface area contributed by atoms with Crippen LogP contribution in [0.15, 0.2) is 36.4 Å². The number of hydrogen-bond donors (Lipinski definition) is 0. The van der Waals surface area contributed by atoms with E-state index in [1.54, 1.807) is 12.1 Å². The molecule has 2 aromatic rings. The summed E-state index contributed by atoms with van der Waals surface area (Å²) in [6.07, 6.45) is 0.625. The number of ether oxygens (including phenoxy) is 1. The second kappa shape index (κ2) is 5.46. The number of benzene rings is 1. The van der Waals surface area contributed by atoms with Crippen molar-refractivity contribution in [2.75, 3.05) is 12.0 Å². The summed E-state index contributed by atoms with van der Waals surface area (Å²) in [4.78, 5) is 20.5. The van der Waals surface area contributed by atoms with Crippen molar-refractivity contribution in [2.24, 2.45) is 0 Å². The molecule has 0 saturated carbocycles. The molecule has 0 aliphatic heterocycles. The molecule has 6 heteroatoms. The van der Waals surface area contributed by atoms with E-state index in [2.05, 4.69) is 9.97 Å². The molecule has 0 saturated heterocycles. The van der Waals surface area contributed by atoms with Crippen LogP contribution in [0.4, 0.5) is 11.6 Å². The monoisotopic (exact) mass is 263 g/mol. The molecule has 0 N–H and O–H groups in total. The summed E-state index contributed by atoms with van der Waals surface area (Å²) in [6, 6.07) is 10.5. The lowest BCUT2D eigenvalue weighted by Crippen LogP contribution is -2.17. The van der Waals surface area contributed by atoms with E-state index >= 15 is 0 Å². The summed E-state index contributed by atoms with van der Waals surface area (Å²) < 4.78 is 4.99. The Morgan fingerprint density at radius 3 is 2.61 bits per heavy atom. The quantitative estimate of drug-likeness (QED) is 0.628. The molecule has 1 amide bonds. The minimum absolute atomic E-state index is 0.167. The molecular formula is C12H10ClN3O2. The first-order valence-corrected chi connectivity index (χ1v) is 5.50. The minimum atomic E-state index is 0.167. The Morgan fingerprint density at radius 1 is 1.28 bits per heavy atom. The maximum Gasteiger partial charge on any atom is 0.241 e. The fourth-order valence-corrected chi connectivity index (χ4v) is 1.58. The molecule has 5 nitrogen and oxygen atoms in total. The number of hydrogen-bond acceptors (Lipinski definition) is 4. The number of nitrogens with zero attached hydrogens (tertiary/aromatic N) is 3. The molecule has 1 aromatic heterocycles. The SMILES string of the molecule is COc1cc(Cl)nc(N(C=O)c2ccccc2)n1. The molecule has 0 atom stereocenters. The van der Waals surface area contributed by atoms with Crippen LogP contribution in [0.2, 0.25) is 5.15 Å². The summed E-state index contributed by atoms with van der Waals surface area (Å²) in [5.74, 6) is 0.466. The van der Waals surface area contributed by atoms with Crippen LogP contribution >= 0.6 is 11.6 Å². The molecule has 2 rings (SSSR count). The van der Waals surface area contributed by atoms with Crippen molar-refractivity contribution in [1.82, 2.24) is 9.97 Å². The molecule has 0 fully saturated rings. The third-order valence-corrected chi connectivity index (χ3v) is 2.42. The molecular weight excluding hydrogens is 254 g/mol.